The molecule has 0 aromatic carbocycles. The van der Waals surface area contributed by atoms with Gasteiger partial charge in [-0.15, -0.1) is 0 Å². The van der Waals surface area contributed by atoms with Crippen LogP contribution in [0.15, 0.2) is 47.1 Å². The number of aliphatic hydroxyl groups excluding tert-OH is 1. The van der Waals surface area contributed by atoms with Gasteiger partial charge in [0.15, 0.2) is 0 Å². The Bertz CT molecular complexity index is 697. The Kier molecular flexibility index (Phi) is 7.19. The second-order valence-electron chi connectivity index (χ2n) is 7.66. The van der Waals surface area contributed by atoms with Crippen LogP contribution in [0.25, 0.3) is 0 Å². The molecule has 148 valence electrons. The molecule has 27 heavy (non-hydrogen) atoms. The van der Waals surface area contributed by atoms with Gasteiger partial charge in [-0.05, 0) is 46.1 Å². The number of hydrogen-bond acceptors (Lipinski definition) is 5. The summed E-state index contributed by atoms with van der Waals surface area (Å²) in [6.45, 7) is 11.2. The van der Waals surface area contributed by atoms with Gasteiger partial charge in [0.1, 0.15) is 12.2 Å². The summed E-state index contributed by atoms with van der Waals surface area (Å²) in [4.78, 5) is 23.8. The fraction of sp³-hybridized carbons (Fsp3) is 0.545. The van der Waals surface area contributed by atoms with Crippen LogP contribution in [0, 0.1) is 5.92 Å². The molecule has 1 unspecified atom stereocenters. The molecule has 1 aliphatic carbocycles. The summed E-state index contributed by atoms with van der Waals surface area (Å²) in [6, 6.07) is 0. The molecule has 1 N–H and O–H groups in total. The molecule has 1 saturated heterocycles. The van der Waals surface area contributed by atoms with Crippen molar-refractivity contribution >= 4 is 11.9 Å². The van der Waals surface area contributed by atoms with E-state index in [2.05, 4.69) is 12.7 Å². The zero-order chi connectivity index (χ0) is 20.1. The van der Waals surface area contributed by atoms with Gasteiger partial charge in [-0.25, -0.2) is 4.79 Å². The van der Waals surface area contributed by atoms with Crippen molar-refractivity contribution in [2.75, 3.05) is 0 Å². The Morgan fingerprint density at radius 3 is 2.56 bits per heavy atom. The minimum atomic E-state index is -0.586. The lowest BCUT2D eigenvalue weighted by Crippen LogP contribution is -2.32. The lowest BCUT2D eigenvalue weighted by Gasteiger charge is -2.26. The van der Waals surface area contributed by atoms with Gasteiger partial charge < -0.3 is 14.6 Å². The molecule has 1 fully saturated rings. The number of allylic oxidation sites excluding steroid dienone is 2. The molecule has 4 atom stereocenters. The second-order valence-corrected chi connectivity index (χ2v) is 7.66. The van der Waals surface area contributed by atoms with Crippen molar-refractivity contribution in [1.29, 1.82) is 0 Å². The van der Waals surface area contributed by atoms with Crippen molar-refractivity contribution in [2.24, 2.45) is 5.92 Å². The molecular formula is C22H30O5. The molecule has 0 aromatic heterocycles. The van der Waals surface area contributed by atoms with E-state index in [1.165, 1.54) is 6.92 Å². The van der Waals surface area contributed by atoms with E-state index in [4.69, 9.17) is 9.47 Å². The van der Waals surface area contributed by atoms with Crippen LogP contribution in [0.2, 0.25) is 0 Å². The van der Waals surface area contributed by atoms with Crippen LogP contribution in [0.1, 0.15) is 53.4 Å². The Labute approximate surface area is 161 Å². The lowest BCUT2D eigenvalue weighted by molar-refractivity contribution is -0.149. The number of ether oxygens (including phenoxy) is 2. The number of rotatable bonds is 1. The smallest absolute Gasteiger partial charge is 0.334 e. The number of carbonyl (C=O) groups is 2. The monoisotopic (exact) mass is 374 g/mol. The molecule has 5 nitrogen and oxygen atoms in total. The third-order valence-electron chi connectivity index (χ3n) is 4.99. The van der Waals surface area contributed by atoms with E-state index >= 15 is 0 Å². The van der Waals surface area contributed by atoms with Crippen molar-refractivity contribution in [3.63, 3.8) is 0 Å². The molecular weight excluding hydrogens is 344 g/mol. The molecule has 1 aliphatic heterocycles. The van der Waals surface area contributed by atoms with Crippen LogP contribution in [-0.4, -0.2) is 35.4 Å². The van der Waals surface area contributed by atoms with Gasteiger partial charge in [-0.1, -0.05) is 35.5 Å². The molecule has 0 saturated carbocycles. The molecule has 5 heteroatoms. The highest BCUT2D eigenvalue weighted by molar-refractivity contribution is 5.91. The third-order valence-corrected chi connectivity index (χ3v) is 4.99. The van der Waals surface area contributed by atoms with Crippen molar-refractivity contribution in [1.82, 2.24) is 0 Å². The Hall–Kier alpha value is -2.14. The van der Waals surface area contributed by atoms with E-state index < -0.39 is 36.2 Å². The summed E-state index contributed by atoms with van der Waals surface area (Å²) in [7, 11) is 0. The Morgan fingerprint density at radius 2 is 1.89 bits per heavy atom. The van der Waals surface area contributed by atoms with Gasteiger partial charge >= 0.3 is 11.9 Å². The molecule has 0 bridgehead atoms. The van der Waals surface area contributed by atoms with Gasteiger partial charge in [0.2, 0.25) is 0 Å². The molecule has 2 aliphatic rings. The van der Waals surface area contributed by atoms with Gasteiger partial charge in [0, 0.05) is 18.9 Å². The molecule has 1 heterocycles. The first kappa shape index (κ1) is 21.2. The summed E-state index contributed by atoms with van der Waals surface area (Å²) >= 11 is 0. The number of aliphatic hydroxyl groups is 1. The van der Waals surface area contributed by atoms with Crippen LogP contribution in [0.3, 0.4) is 0 Å². The minimum Gasteiger partial charge on any atom is -0.461 e. The van der Waals surface area contributed by atoms with Crippen LogP contribution in [0.4, 0.5) is 0 Å². The highest BCUT2D eigenvalue weighted by atomic mass is 16.6. The van der Waals surface area contributed by atoms with E-state index in [1.807, 2.05) is 32.9 Å². The standard InChI is InChI=1S/C22H30O5/c1-13-7-6-8-14(2)11-19(26-17(5)23)21-16(4)22(25)27-20(21)12-15(3)10-18(24)9-13/h8-9,12,18-21,24H,4,6-7,10-11H2,1-3,5H3/b13-9+,14-8+,15-12+/t18-,19?,20+,21+/m1/s1. The predicted octanol–water partition coefficient (Wildman–Crippen LogP) is 3.79. The Morgan fingerprint density at radius 1 is 1.19 bits per heavy atom. The van der Waals surface area contributed by atoms with E-state index in [9.17, 15) is 14.7 Å². The average Bonchev–Trinajstić information content (AvgIpc) is 2.79. The summed E-state index contributed by atoms with van der Waals surface area (Å²) in [5.41, 5.74) is 3.45. The van der Waals surface area contributed by atoms with Gasteiger partial charge in [0.25, 0.3) is 0 Å². The van der Waals surface area contributed by atoms with Crippen LogP contribution in [0.5, 0.6) is 0 Å². The van der Waals surface area contributed by atoms with Gasteiger partial charge in [0.05, 0.1) is 12.0 Å². The quantitative estimate of drug-likeness (QED) is 0.429. The topological polar surface area (TPSA) is 72.8 Å². The third kappa shape index (κ3) is 5.93. The largest absolute Gasteiger partial charge is 0.461 e. The number of fused-ring (bicyclic) bond motifs is 1. The molecule has 0 spiro atoms. The van der Waals surface area contributed by atoms with Crippen molar-refractivity contribution in [3.05, 3.63) is 47.1 Å². The zero-order valence-corrected chi connectivity index (χ0v) is 16.7. The van der Waals surface area contributed by atoms with Crippen molar-refractivity contribution in [2.45, 2.75) is 71.7 Å². The Balaban J connectivity index is 2.43. The number of carbonyl (C=O) groups excluding carboxylic acids is 2. The van der Waals surface area contributed by atoms with Gasteiger partial charge in [-0.2, -0.15) is 0 Å². The average molecular weight is 374 g/mol. The first-order valence-electron chi connectivity index (χ1n) is 9.42. The fourth-order valence-corrected chi connectivity index (χ4v) is 3.73. The first-order chi connectivity index (χ1) is 12.7. The number of hydrogen-bond donors (Lipinski definition) is 1. The van der Waals surface area contributed by atoms with Crippen LogP contribution < -0.4 is 0 Å². The molecule has 0 radical (unpaired) electrons. The zero-order valence-electron chi connectivity index (χ0n) is 16.7. The maximum atomic E-state index is 12.1. The molecule has 2 rings (SSSR count). The fourth-order valence-electron chi connectivity index (χ4n) is 3.73. The maximum Gasteiger partial charge on any atom is 0.334 e. The van der Waals surface area contributed by atoms with Crippen LogP contribution >= 0.6 is 0 Å². The van der Waals surface area contributed by atoms with E-state index in [0.29, 0.717) is 18.4 Å². The van der Waals surface area contributed by atoms with E-state index in [-0.39, 0.29) is 0 Å². The summed E-state index contributed by atoms with van der Waals surface area (Å²) < 4.78 is 11.1. The second kappa shape index (κ2) is 9.18. The summed E-state index contributed by atoms with van der Waals surface area (Å²) in [6.07, 6.45) is 6.85. The highest BCUT2D eigenvalue weighted by Crippen LogP contribution is 2.35. The summed E-state index contributed by atoms with van der Waals surface area (Å²) in [5, 5.41) is 10.3. The summed E-state index contributed by atoms with van der Waals surface area (Å²) in [5.74, 6) is -1.29. The minimum absolute atomic E-state index is 0.325. The maximum absolute atomic E-state index is 12.1. The predicted molar refractivity (Wildman–Crippen MR) is 104 cm³/mol. The highest BCUT2D eigenvalue weighted by Gasteiger charge is 2.44. The normalized spacial score (nSPS) is 36.1. The van der Waals surface area contributed by atoms with Gasteiger partial charge in [-0.3, -0.25) is 4.79 Å². The van der Waals surface area contributed by atoms with Crippen LogP contribution in [-0.2, 0) is 19.1 Å². The number of esters is 2. The van der Waals surface area contributed by atoms with Crippen molar-refractivity contribution < 1.29 is 24.2 Å². The first-order valence-corrected chi connectivity index (χ1v) is 9.42. The lowest BCUT2D eigenvalue weighted by atomic mass is 9.86. The molecule has 0 aromatic rings. The molecule has 0 amide bonds. The van der Waals surface area contributed by atoms with E-state index in [0.717, 1.165) is 29.6 Å². The SMILES string of the molecule is C=C1C(=O)O[C@H]2/C=C(\C)C[C@H](O)/C=C(\C)CC/C=C(\C)CC(OC(C)=O)[C@H]12. The van der Waals surface area contributed by atoms with Crippen molar-refractivity contribution in [3.8, 4) is 0 Å². The van der Waals surface area contributed by atoms with E-state index in [1.54, 1.807) is 0 Å².